The van der Waals surface area contributed by atoms with Gasteiger partial charge in [-0.1, -0.05) is 6.92 Å². The molecule has 1 aliphatic heterocycles. The molecule has 0 bridgehead atoms. The first-order valence-corrected chi connectivity index (χ1v) is 6.01. The van der Waals surface area contributed by atoms with Gasteiger partial charge < -0.3 is 5.32 Å². The van der Waals surface area contributed by atoms with E-state index in [9.17, 15) is 0 Å². The van der Waals surface area contributed by atoms with Crippen molar-refractivity contribution in [2.75, 3.05) is 13.1 Å². The molecule has 1 unspecified atom stereocenters. The number of thiazole rings is 1. The Morgan fingerprint density at radius 2 is 2.47 bits per heavy atom. The van der Waals surface area contributed by atoms with Crippen LogP contribution in [0.1, 0.15) is 18.4 Å². The van der Waals surface area contributed by atoms with Crippen LogP contribution in [-0.4, -0.2) is 23.1 Å². The number of hydrogen-bond acceptors (Lipinski definition) is 4. The molecule has 4 heteroatoms. The third kappa shape index (κ3) is 1.44. The molecule has 1 N–H and O–H groups in total. The molecule has 0 amide bonds. The van der Waals surface area contributed by atoms with Gasteiger partial charge >= 0.3 is 0 Å². The van der Waals surface area contributed by atoms with E-state index in [4.69, 9.17) is 0 Å². The van der Waals surface area contributed by atoms with Crippen molar-refractivity contribution < 1.29 is 0 Å². The fraction of sp³-hybridized carbons (Fsp3) is 0.455. The molecule has 3 heterocycles. The fourth-order valence-corrected chi connectivity index (χ4v) is 3.14. The van der Waals surface area contributed by atoms with Crippen molar-refractivity contribution in [2.24, 2.45) is 0 Å². The summed E-state index contributed by atoms with van der Waals surface area (Å²) in [4.78, 5) is 8.79. The van der Waals surface area contributed by atoms with Crippen LogP contribution in [0.2, 0.25) is 0 Å². The summed E-state index contributed by atoms with van der Waals surface area (Å²) in [5.41, 5.74) is 1.26. The lowest BCUT2D eigenvalue weighted by Crippen LogP contribution is -2.24. The normalized spacial score (nSPS) is 26.2. The summed E-state index contributed by atoms with van der Waals surface area (Å²) in [6.07, 6.45) is 4.86. The molecule has 0 saturated carbocycles. The van der Waals surface area contributed by atoms with Gasteiger partial charge in [-0.05, 0) is 19.0 Å². The van der Waals surface area contributed by atoms with Gasteiger partial charge in [-0.2, -0.15) is 0 Å². The maximum Gasteiger partial charge on any atom is 0.101 e. The van der Waals surface area contributed by atoms with E-state index >= 15 is 0 Å². The Kier molecular flexibility index (Phi) is 2.00. The van der Waals surface area contributed by atoms with E-state index in [1.54, 1.807) is 11.3 Å². The predicted octanol–water partition coefficient (Wildman–Crippen LogP) is 1.94. The Balaban J connectivity index is 2.11. The van der Waals surface area contributed by atoms with E-state index in [2.05, 4.69) is 22.2 Å². The summed E-state index contributed by atoms with van der Waals surface area (Å²) >= 11 is 1.80. The monoisotopic (exact) mass is 219 g/mol. The van der Waals surface area contributed by atoms with E-state index in [0.29, 0.717) is 0 Å². The quantitative estimate of drug-likeness (QED) is 0.796. The summed E-state index contributed by atoms with van der Waals surface area (Å²) in [6.45, 7) is 4.43. The lowest BCUT2D eigenvalue weighted by molar-refractivity contribution is 0.523. The van der Waals surface area contributed by atoms with Crippen molar-refractivity contribution in [3.8, 4) is 0 Å². The highest BCUT2D eigenvalue weighted by Crippen LogP contribution is 2.35. The number of pyridine rings is 1. The first-order chi connectivity index (χ1) is 7.28. The van der Waals surface area contributed by atoms with Crippen LogP contribution in [0.5, 0.6) is 0 Å². The van der Waals surface area contributed by atoms with E-state index in [-0.39, 0.29) is 5.41 Å². The van der Waals surface area contributed by atoms with Crippen LogP contribution in [-0.2, 0) is 5.41 Å². The van der Waals surface area contributed by atoms with Gasteiger partial charge in [0.05, 0.1) is 16.4 Å². The molecule has 78 valence electrons. The van der Waals surface area contributed by atoms with E-state index < -0.39 is 0 Å². The molecule has 2 aromatic heterocycles. The van der Waals surface area contributed by atoms with E-state index in [0.717, 1.165) is 18.6 Å². The zero-order valence-electron chi connectivity index (χ0n) is 8.66. The van der Waals surface area contributed by atoms with Gasteiger partial charge in [-0.3, -0.25) is 4.98 Å². The van der Waals surface area contributed by atoms with Gasteiger partial charge in [0.15, 0.2) is 0 Å². The second kappa shape index (κ2) is 3.25. The third-order valence-electron chi connectivity index (χ3n) is 3.07. The summed E-state index contributed by atoms with van der Waals surface area (Å²) < 4.78 is 1.24. The highest BCUT2D eigenvalue weighted by Gasteiger charge is 2.33. The lowest BCUT2D eigenvalue weighted by Gasteiger charge is -2.18. The lowest BCUT2D eigenvalue weighted by atomic mass is 9.91. The highest BCUT2D eigenvalue weighted by atomic mass is 32.1. The Hall–Kier alpha value is -1.00. The van der Waals surface area contributed by atoms with Crippen molar-refractivity contribution in [3.05, 3.63) is 23.5 Å². The van der Waals surface area contributed by atoms with Crippen LogP contribution in [0.4, 0.5) is 0 Å². The Bertz CT molecular complexity index is 452. The van der Waals surface area contributed by atoms with Crippen molar-refractivity contribution in [1.82, 2.24) is 15.3 Å². The third-order valence-corrected chi connectivity index (χ3v) is 4.42. The average molecular weight is 219 g/mol. The topological polar surface area (TPSA) is 37.8 Å². The van der Waals surface area contributed by atoms with E-state index in [1.807, 2.05) is 18.5 Å². The largest absolute Gasteiger partial charge is 0.316 e. The summed E-state index contributed by atoms with van der Waals surface area (Å²) in [5, 5.41) is 4.65. The molecular weight excluding hydrogens is 206 g/mol. The SMILES string of the molecule is CC1(c2nc3cnccc3s2)CCNC1. The number of hydrogen-bond donors (Lipinski definition) is 1. The molecule has 1 fully saturated rings. The molecule has 15 heavy (non-hydrogen) atoms. The summed E-state index contributed by atoms with van der Waals surface area (Å²) in [6, 6.07) is 2.04. The van der Waals surface area contributed by atoms with Crippen LogP contribution in [0.3, 0.4) is 0 Å². The highest BCUT2D eigenvalue weighted by molar-refractivity contribution is 7.18. The number of nitrogens with one attached hydrogen (secondary N) is 1. The number of fused-ring (bicyclic) bond motifs is 1. The van der Waals surface area contributed by atoms with Gasteiger partial charge in [0.2, 0.25) is 0 Å². The average Bonchev–Trinajstić information content (AvgIpc) is 2.84. The standard InChI is InChI=1S/C11H13N3S/c1-11(3-5-13-7-11)10-14-8-6-12-4-2-9(8)15-10/h2,4,6,13H,3,5,7H2,1H3. The molecule has 2 aromatic rings. The molecule has 0 spiro atoms. The first-order valence-electron chi connectivity index (χ1n) is 5.20. The Morgan fingerprint density at radius 1 is 1.53 bits per heavy atom. The van der Waals surface area contributed by atoms with Crippen LogP contribution in [0.15, 0.2) is 18.5 Å². The van der Waals surface area contributed by atoms with Gasteiger partial charge in [-0.15, -0.1) is 11.3 Å². The van der Waals surface area contributed by atoms with Crippen LogP contribution < -0.4 is 5.32 Å². The Morgan fingerprint density at radius 3 is 3.20 bits per heavy atom. The van der Waals surface area contributed by atoms with Crippen LogP contribution >= 0.6 is 11.3 Å². The van der Waals surface area contributed by atoms with Crippen molar-refractivity contribution in [1.29, 1.82) is 0 Å². The minimum atomic E-state index is 0.226. The maximum atomic E-state index is 4.68. The number of aromatic nitrogens is 2. The smallest absolute Gasteiger partial charge is 0.101 e. The summed E-state index contributed by atoms with van der Waals surface area (Å²) in [7, 11) is 0. The molecule has 0 radical (unpaired) electrons. The van der Waals surface area contributed by atoms with Crippen molar-refractivity contribution in [3.63, 3.8) is 0 Å². The fourth-order valence-electron chi connectivity index (χ4n) is 2.04. The molecule has 1 atom stereocenters. The van der Waals surface area contributed by atoms with Crippen LogP contribution in [0.25, 0.3) is 10.2 Å². The number of nitrogens with zero attached hydrogens (tertiary/aromatic N) is 2. The molecule has 1 saturated heterocycles. The van der Waals surface area contributed by atoms with E-state index in [1.165, 1.54) is 16.1 Å². The zero-order chi connectivity index (χ0) is 10.3. The Labute approximate surface area is 92.6 Å². The second-order valence-electron chi connectivity index (χ2n) is 4.35. The molecule has 3 nitrogen and oxygen atoms in total. The molecule has 0 aliphatic carbocycles. The minimum Gasteiger partial charge on any atom is -0.316 e. The van der Waals surface area contributed by atoms with Crippen molar-refractivity contribution >= 4 is 21.6 Å². The predicted molar refractivity (Wildman–Crippen MR) is 62.3 cm³/mol. The van der Waals surface area contributed by atoms with Gasteiger partial charge in [0.1, 0.15) is 5.01 Å². The molecule has 0 aromatic carbocycles. The summed E-state index contributed by atoms with van der Waals surface area (Å²) in [5.74, 6) is 0. The van der Waals surface area contributed by atoms with Gasteiger partial charge in [0, 0.05) is 18.2 Å². The molecule has 1 aliphatic rings. The molecular formula is C11H13N3S. The first kappa shape index (κ1) is 9.24. The molecule has 3 rings (SSSR count). The second-order valence-corrected chi connectivity index (χ2v) is 5.38. The van der Waals surface area contributed by atoms with Gasteiger partial charge in [0.25, 0.3) is 0 Å². The van der Waals surface area contributed by atoms with Crippen LogP contribution in [0, 0.1) is 0 Å². The zero-order valence-corrected chi connectivity index (χ0v) is 9.47. The maximum absolute atomic E-state index is 4.68. The number of rotatable bonds is 1. The van der Waals surface area contributed by atoms with Crippen molar-refractivity contribution in [2.45, 2.75) is 18.8 Å². The van der Waals surface area contributed by atoms with Gasteiger partial charge in [-0.25, -0.2) is 4.98 Å². The minimum absolute atomic E-state index is 0.226.